The summed E-state index contributed by atoms with van der Waals surface area (Å²) in [4.78, 5) is 28.1. The molecular weight excluding hydrogens is 346 g/mol. The first-order chi connectivity index (χ1) is 12.7. The van der Waals surface area contributed by atoms with Crippen LogP contribution in [0.2, 0.25) is 0 Å². The van der Waals surface area contributed by atoms with Gasteiger partial charge in [-0.05, 0) is 30.5 Å². The molecule has 0 fully saturated rings. The number of aryl methyl sites for hydroxylation is 1. The van der Waals surface area contributed by atoms with Gasteiger partial charge < -0.3 is 19.8 Å². The zero-order valence-electron chi connectivity index (χ0n) is 16.5. The molecule has 2 N–H and O–H groups in total. The smallest absolute Gasteiger partial charge is 0.250 e. The highest BCUT2D eigenvalue weighted by molar-refractivity contribution is 5.92. The molecule has 7 heteroatoms. The van der Waals surface area contributed by atoms with E-state index in [0.29, 0.717) is 36.0 Å². The summed E-state index contributed by atoms with van der Waals surface area (Å²) in [7, 11) is 1.47. The molecule has 0 unspecified atom stereocenters. The van der Waals surface area contributed by atoms with E-state index >= 15 is 0 Å². The summed E-state index contributed by atoms with van der Waals surface area (Å²) in [5, 5.41) is 5.63. The Kier molecular flexibility index (Phi) is 6.74. The minimum Gasteiger partial charge on any atom is -0.441 e. The average Bonchev–Trinajstić information content (AvgIpc) is 2.93. The minimum atomic E-state index is -0.236. The van der Waals surface area contributed by atoms with Crippen LogP contribution in [0.4, 0.5) is 5.69 Å². The molecular formula is C20H27N3O4. The number of anilines is 1. The number of benzene rings is 1. The first-order valence-electron chi connectivity index (χ1n) is 8.80. The fourth-order valence-electron chi connectivity index (χ4n) is 2.50. The van der Waals surface area contributed by atoms with Crippen molar-refractivity contribution in [2.45, 2.75) is 40.7 Å². The van der Waals surface area contributed by atoms with Crippen molar-refractivity contribution in [1.82, 2.24) is 10.3 Å². The lowest BCUT2D eigenvalue weighted by Crippen LogP contribution is -2.27. The summed E-state index contributed by atoms with van der Waals surface area (Å²) in [6, 6.07) is 7.21. The van der Waals surface area contributed by atoms with Gasteiger partial charge in [0, 0.05) is 24.8 Å². The lowest BCUT2D eigenvalue weighted by atomic mass is 9.92. The molecule has 0 saturated carbocycles. The van der Waals surface area contributed by atoms with Crippen LogP contribution in [0, 0.1) is 12.3 Å². The van der Waals surface area contributed by atoms with Crippen molar-refractivity contribution in [3.8, 4) is 11.5 Å². The van der Waals surface area contributed by atoms with Crippen LogP contribution in [0.15, 0.2) is 28.7 Å². The lowest BCUT2D eigenvalue weighted by Gasteiger charge is -2.16. The summed E-state index contributed by atoms with van der Waals surface area (Å²) in [6.45, 7) is 8.17. The Morgan fingerprint density at radius 2 is 1.96 bits per heavy atom. The van der Waals surface area contributed by atoms with Gasteiger partial charge in [-0.3, -0.25) is 9.59 Å². The Labute approximate surface area is 159 Å². The highest BCUT2D eigenvalue weighted by atomic mass is 16.5. The van der Waals surface area contributed by atoms with Crippen molar-refractivity contribution < 1.29 is 18.7 Å². The van der Waals surface area contributed by atoms with E-state index in [1.165, 1.54) is 7.11 Å². The Morgan fingerprint density at radius 3 is 2.63 bits per heavy atom. The number of amides is 2. The predicted octanol–water partition coefficient (Wildman–Crippen LogP) is 3.29. The number of hydrogen-bond acceptors (Lipinski definition) is 5. The van der Waals surface area contributed by atoms with Crippen LogP contribution in [0.1, 0.15) is 38.6 Å². The molecule has 0 aliphatic heterocycles. The summed E-state index contributed by atoms with van der Waals surface area (Å²) < 4.78 is 10.6. The summed E-state index contributed by atoms with van der Waals surface area (Å²) in [5.74, 6) is 0.833. The van der Waals surface area contributed by atoms with Crippen molar-refractivity contribution >= 4 is 17.5 Å². The molecule has 2 rings (SSSR count). The van der Waals surface area contributed by atoms with Gasteiger partial charge in [0.1, 0.15) is 18.1 Å². The van der Waals surface area contributed by atoms with E-state index in [4.69, 9.17) is 9.15 Å². The van der Waals surface area contributed by atoms with Crippen molar-refractivity contribution in [2.24, 2.45) is 5.41 Å². The highest BCUT2D eigenvalue weighted by Crippen LogP contribution is 2.24. The van der Waals surface area contributed by atoms with Crippen LogP contribution in [-0.2, 0) is 20.9 Å². The van der Waals surface area contributed by atoms with Gasteiger partial charge in [0.25, 0.3) is 0 Å². The molecule has 0 saturated heterocycles. The second kappa shape index (κ2) is 8.81. The fourth-order valence-corrected chi connectivity index (χ4v) is 2.50. The van der Waals surface area contributed by atoms with Crippen molar-refractivity contribution in [3.05, 3.63) is 35.7 Å². The molecule has 27 heavy (non-hydrogen) atoms. The molecule has 0 aliphatic rings. The zero-order valence-corrected chi connectivity index (χ0v) is 16.5. The lowest BCUT2D eigenvalue weighted by molar-refractivity contribution is -0.123. The number of carbonyl (C=O) groups is 2. The number of hydrogen-bond donors (Lipinski definition) is 2. The van der Waals surface area contributed by atoms with Gasteiger partial charge >= 0.3 is 0 Å². The number of methoxy groups -OCH3 is 1. The van der Waals surface area contributed by atoms with E-state index in [-0.39, 0.29) is 23.8 Å². The number of carbonyl (C=O) groups excluding carboxylic acids is 2. The van der Waals surface area contributed by atoms with E-state index in [1.807, 2.05) is 39.8 Å². The number of oxazole rings is 1. The van der Waals surface area contributed by atoms with Gasteiger partial charge in [-0.25, -0.2) is 4.98 Å². The quantitative estimate of drug-likeness (QED) is 0.777. The molecule has 1 heterocycles. The number of aromatic nitrogens is 1. The van der Waals surface area contributed by atoms with Gasteiger partial charge in [0.15, 0.2) is 0 Å². The van der Waals surface area contributed by atoms with E-state index in [0.717, 1.165) is 5.56 Å². The molecule has 0 aliphatic carbocycles. The number of ether oxygens (including phenoxy) is 1. The normalized spacial score (nSPS) is 11.3. The third-order valence-corrected chi connectivity index (χ3v) is 3.71. The SMILES string of the molecule is COCC(=O)Nc1cccc(-c2nc(CNC(=O)CC(C)(C)C)c(C)o2)c1. The van der Waals surface area contributed by atoms with Gasteiger partial charge in [-0.1, -0.05) is 26.8 Å². The maximum absolute atomic E-state index is 12.0. The number of nitrogens with zero attached hydrogens (tertiary/aromatic N) is 1. The Bertz CT molecular complexity index is 806. The monoisotopic (exact) mass is 373 g/mol. The molecule has 0 bridgehead atoms. The summed E-state index contributed by atoms with van der Waals surface area (Å²) in [5.41, 5.74) is 1.98. The first kappa shape index (κ1) is 20.6. The summed E-state index contributed by atoms with van der Waals surface area (Å²) in [6.07, 6.45) is 0.444. The number of rotatable bonds is 7. The molecule has 0 spiro atoms. The predicted molar refractivity (Wildman–Crippen MR) is 103 cm³/mol. The summed E-state index contributed by atoms with van der Waals surface area (Å²) >= 11 is 0. The second-order valence-corrected chi connectivity index (χ2v) is 7.60. The highest BCUT2D eigenvalue weighted by Gasteiger charge is 2.17. The van der Waals surface area contributed by atoms with E-state index in [9.17, 15) is 9.59 Å². The maximum atomic E-state index is 12.0. The zero-order chi connectivity index (χ0) is 20.0. The average molecular weight is 373 g/mol. The third-order valence-electron chi connectivity index (χ3n) is 3.71. The Morgan fingerprint density at radius 1 is 1.22 bits per heavy atom. The van der Waals surface area contributed by atoms with Gasteiger partial charge in [0.2, 0.25) is 17.7 Å². The molecule has 2 amide bonds. The van der Waals surface area contributed by atoms with Crippen LogP contribution < -0.4 is 10.6 Å². The first-order valence-corrected chi connectivity index (χ1v) is 8.80. The minimum absolute atomic E-state index is 0.0131. The van der Waals surface area contributed by atoms with Crippen molar-refractivity contribution in [1.29, 1.82) is 0 Å². The molecule has 1 aromatic carbocycles. The van der Waals surface area contributed by atoms with Gasteiger partial charge in [-0.2, -0.15) is 0 Å². The standard InChI is InChI=1S/C20H27N3O4/c1-13-16(11-21-17(24)10-20(2,3)4)23-19(27-13)14-7-6-8-15(9-14)22-18(25)12-26-5/h6-9H,10-12H2,1-5H3,(H,21,24)(H,22,25). The van der Waals surface area contributed by atoms with E-state index in [1.54, 1.807) is 12.1 Å². The van der Waals surface area contributed by atoms with Gasteiger partial charge in [-0.15, -0.1) is 0 Å². The molecule has 2 aromatic rings. The van der Waals surface area contributed by atoms with Crippen LogP contribution >= 0.6 is 0 Å². The Hall–Kier alpha value is -2.67. The Balaban J connectivity index is 2.07. The largest absolute Gasteiger partial charge is 0.441 e. The maximum Gasteiger partial charge on any atom is 0.250 e. The van der Waals surface area contributed by atoms with Crippen molar-refractivity contribution in [3.63, 3.8) is 0 Å². The fraction of sp³-hybridized carbons (Fsp3) is 0.450. The molecule has 146 valence electrons. The molecule has 7 nitrogen and oxygen atoms in total. The molecule has 1 aromatic heterocycles. The van der Waals surface area contributed by atoms with E-state index < -0.39 is 0 Å². The van der Waals surface area contributed by atoms with Crippen molar-refractivity contribution in [2.75, 3.05) is 19.0 Å². The van der Waals surface area contributed by atoms with Crippen LogP contribution in [0.3, 0.4) is 0 Å². The van der Waals surface area contributed by atoms with E-state index in [2.05, 4.69) is 15.6 Å². The van der Waals surface area contributed by atoms with Gasteiger partial charge in [0.05, 0.1) is 6.54 Å². The van der Waals surface area contributed by atoms with Crippen LogP contribution in [-0.4, -0.2) is 30.5 Å². The van der Waals surface area contributed by atoms with Crippen LogP contribution in [0.25, 0.3) is 11.5 Å². The second-order valence-electron chi connectivity index (χ2n) is 7.60. The molecule has 0 radical (unpaired) electrons. The topological polar surface area (TPSA) is 93.5 Å². The third kappa shape index (κ3) is 6.53. The van der Waals surface area contributed by atoms with Crippen LogP contribution in [0.5, 0.6) is 0 Å². The molecule has 0 atom stereocenters. The number of nitrogens with one attached hydrogen (secondary N) is 2.